The lowest BCUT2D eigenvalue weighted by Crippen LogP contribution is -2.18. The molecule has 0 spiro atoms. The zero-order chi connectivity index (χ0) is 30.7. The first-order valence-electron chi connectivity index (χ1n) is 13.3. The highest BCUT2D eigenvalue weighted by atomic mass is 35.9. The summed E-state index contributed by atoms with van der Waals surface area (Å²) in [7, 11) is 17.0. The van der Waals surface area contributed by atoms with Crippen molar-refractivity contribution < 1.29 is 10.2 Å². The lowest BCUT2D eigenvalue weighted by Gasteiger charge is -2.28. The fourth-order valence-corrected chi connectivity index (χ4v) is 5.34. The fourth-order valence-electron chi connectivity index (χ4n) is 4.90. The van der Waals surface area contributed by atoms with E-state index < -0.39 is 9.39 Å². The van der Waals surface area contributed by atoms with Gasteiger partial charge in [0.1, 0.15) is 23.1 Å². The highest BCUT2D eigenvalue weighted by Crippen LogP contribution is 2.66. The summed E-state index contributed by atoms with van der Waals surface area (Å²) in [5.74, 6) is 0.975. The summed E-state index contributed by atoms with van der Waals surface area (Å²) in [6.45, 7) is 25.7. The second-order valence-electron chi connectivity index (χ2n) is 14.8. The predicted octanol–water partition coefficient (Wildman–Crippen LogP) is 11.3. The molecule has 39 heavy (non-hydrogen) atoms. The number of hydrogen-bond acceptors (Lipinski definition) is 2. The molecular formula is C31H44AlCl5O2. The van der Waals surface area contributed by atoms with E-state index >= 15 is 0 Å². The van der Waals surface area contributed by atoms with Gasteiger partial charge in [-0.1, -0.05) is 83.1 Å². The molecule has 2 unspecified atom stereocenters. The molecule has 2 atom stereocenters. The van der Waals surface area contributed by atoms with E-state index in [4.69, 9.17) is 51.8 Å². The first-order chi connectivity index (χ1) is 17.2. The van der Waals surface area contributed by atoms with Crippen molar-refractivity contribution in [2.45, 2.75) is 117 Å². The van der Waals surface area contributed by atoms with Gasteiger partial charge in [0.25, 0.3) is 0 Å². The van der Waals surface area contributed by atoms with Crippen molar-refractivity contribution >= 4 is 61.2 Å². The maximum atomic E-state index is 11.2. The third-order valence-electron chi connectivity index (χ3n) is 7.03. The van der Waals surface area contributed by atoms with Crippen molar-refractivity contribution in [3.8, 4) is 11.5 Å². The molecule has 0 aliphatic heterocycles. The smallest absolute Gasteiger partial charge is 0.507 e. The molecule has 218 valence electrons. The SMILES string of the molecule is CC(C)(C)c1cc(C2[C+](Cl)C2c2cc(C(C)(C)C)c(O)c(C(C)(C)C)c2)cc(C(C)(C)C)c1O.[Cl][Al-]([Cl])([Cl])[Cl]. The Balaban J connectivity index is 0.000000976. The Morgan fingerprint density at radius 3 is 0.872 bits per heavy atom. The number of rotatable bonds is 2. The number of hydrogen-bond donors (Lipinski definition) is 2. The van der Waals surface area contributed by atoms with E-state index in [9.17, 15) is 10.2 Å². The van der Waals surface area contributed by atoms with Crippen LogP contribution in [0.25, 0.3) is 0 Å². The summed E-state index contributed by atoms with van der Waals surface area (Å²) in [4.78, 5) is 0. The maximum absolute atomic E-state index is 11.2. The van der Waals surface area contributed by atoms with Gasteiger partial charge in [0.15, 0.2) is 11.8 Å². The summed E-state index contributed by atoms with van der Waals surface area (Å²) >= 11 is 6.92. The Hall–Kier alpha value is -0.108. The van der Waals surface area contributed by atoms with Crippen LogP contribution in [0.1, 0.15) is 128 Å². The molecule has 2 aromatic carbocycles. The van der Waals surface area contributed by atoms with Gasteiger partial charge in [-0.25, -0.2) is 0 Å². The first-order valence-corrected chi connectivity index (χ1v) is 20.7. The lowest BCUT2D eigenvalue weighted by molar-refractivity contribution is 0.421. The van der Waals surface area contributed by atoms with Crippen molar-refractivity contribution in [1.82, 2.24) is 0 Å². The average molecular weight is 653 g/mol. The summed E-state index contributed by atoms with van der Waals surface area (Å²) in [6.07, 6.45) is 0. The van der Waals surface area contributed by atoms with Crippen LogP contribution in [-0.2, 0) is 21.7 Å². The minimum atomic E-state index is -2.94. The zero-order valence-corrected chi connectivity index (χ0v) is 30.3. The van der Waals surface area contributed by atoms with Gasteiger partial charge in [-0.15, -0.1) is 0 Å². The van der Waals surface area contributed by atoms with Crippen LogP contribution in [0, 0.1) is 5.38 Å². The molecule has 0 amide bonds. The Labute approximate surface area is 260 Å². The van der Waals surface area contributed by atoms with E-state index in [1.807, 2.05) is 0 Å². The molecule has 0 aromatic heterocycles. The molecule has 3 rings (SSSR count). The fraction of sp³-hybridized carbons (Fsp3) is 0.581. The molecule has 2 N–H and O–H groups in total. The van der Waals surface area contributed by atoms with Gasteiger partial charge in [0.05, 0.1) is 0 Å². The monoisotopic (exact) mass is 650 g/mol. The van der Waals surface area contributed by atoms with Crippen molar-refractivity contribution in [3.05, 3.63) is 63.0 Å². The molecule has 1 aliphatic rings. The Kier molecular flexibility index (Phi) is 10.4. The van der Waals surface area contributed by atoms with E-state index in [2.05, 4.69) is 107 Å². The van der Waals surface area contributed by atoms with E-state index in [-0.39, 0.29) is 33.5 Å². The van der Waals surface area contributed by atoms with Gasteiger partial charge in [0.2, 0.25) is 5.38 Å². The van der Waals surface area contributed by atoms with E-state index in [0.29, 0.717) is 11.5 Å². The van der Waals surface area contributed by atoms with Crippen molar-refractivity contribution in [1.29, 1.82) is 0 Å². The van der Waals surface area contributed by atoms with Gasteiger partial charge in [-0.3, -0.25) is 0 Å². The number of phenolic OH excluding ortho intramolecular Hbond substituents is 2. The van der Waals surface area contributed by atoms with Crippen molar-refractivity contribution in [2.24, 2.45) is 0 Å². The Morgan fingerprint density at radius 1 is 0.538 bits per heavy atom. The van der Waals surface area contributed by atoms with Gasteiger partial charge in [0, 0.05) is 11.1 Å². The molecule has 0 bridgehead atoms. The van der Waals surface area contributed by atoms with Crippen LogP contribution in [0.15, 0.2) is 24.3 Å². The third-order valence-corrected chi connectivity index (χ3v) is 7.50. The Bertz CT molecular complexity index is 1030. The van der Waals surface area contributed by atoms with Crippen molar-refractivity contribution in [3.63, 3.8) is 0 Å². The van der Waals surface area contributed by atoms with Crippen LogP contribution in [0.3, 0.4) is 0 Å². The number of benzene rings is 2. The molecule has 2 aromatic rings. The minimum absolute atomic E-state index is 0.0923. The third kappa shape index (κ3) is 8.94. The van der Waals surface area contributed by atoms with E-state index in [1.165, 1.54) is 0 Å². The number of phenols is 2. The number of halogens is 5. The maximum Gasteiger partial charge on any atom is 0.564 e. The van der Waals surface area contributed by atoms with Gasteiger partial charge in [-0.05, 0) is 68.2 Å². The zero-order valence-electron chi connectivity index (χ0n) is 25.3. The van der Waals surface area contributed by atoms with Crippen LogP contribution >= 0.6 is 51.8 Å². The van der Waals surface area contributed by atoms with Gasteiger partial charge in [-0.2, -0.15) is 0 Å². The number of aromatic hydroxyl groups is 2. The van der Waals surface area contributed by atoms with E-state index in [0.717, 1.165) is 38.8 Å². The van der Waals surface area contributed by atoms with Crippen LogP contribution < -0.4 is 0 Å². The van der Waals surface area contributed by atoms with Crippen LogP contribution in [0.5, 0.6) is 11.5 Å². The molecule has 1 fully saturated rings. The molecule has 1 saturated carbocycles. The van der Waals surface area contributed by atoms with Crippen molar-refractivity contribution in [2.75, 3.05) is 0 Å². The highest BCUT2D eigenvalue weighted by Gasteiger charge is 2.67. The topological polar surface area (TPSA) is 40.5 Å². The lowest BCUT2D eigenvalue weighted by atomic mass is 9.77. The van der Waals surface area contributed by atoms with Crippen LogP contribution in [0.4, 0.5) is 0 Å². The molecule has 8 heteroatoms. The largest absolute Gasteiger partial charge is 0.564 e. The molecule has 0 heterocycles. The summed E-state index contributed by atoms with van der Waals surface area (Å²) < 4.78 is 0. The van der Waals surface area contributed by atoms with E-state index in [1.54, 1.807) is 0 Å². The standard InChI is InChI=1S/C31H43ClO2.Al.4ClH/c1-28(2,3)19-13-17(14-20(26(19)33)29(4,5)6)23-24(25(23)32)18-15-21(30(7,8)9)27(34)22(16-18)31(10,11)12;;;;;/h13-16,23-24H,1-12H3,(H-,33,34);;4*1H/q;+3;;;;/p-3. The average Bonchev–Trinajstić information content (AvgIpc) is 3.34. The minimum Gasteiger partial charge on any atom is -0.507 e. The molecular weight excluding hydrogens is 609 g/mol. The van der Waals surface area contributed by atoms with Crippen LogP contribution in [-0.4, -0.2) is 19.6 Å². The second kappa shape index (κ2) is 11.5. The molecule has 2 nitrogen and oxygen atoms in total. The summed E-state index contributed by atoms with van der Waals surface area (Å²) in [6, 6.07) is 8.58. The molecule has 0 radical (unpaired) electrons. The van der Waals surface area contributed by atoms with Gasteiger partial charge >= 0.3 is 9.39 Å². The molecule has 0 saturated heterocycles. The highest BCUT2D eigenvalue weighted by molar-refractivity contribution is 7.81. The molecule has 1 aliphatic carbocycles. The quantitative estimate of drug-likeness (QED) is 0.250. The second-order valence-corrected chi connectivity index (χ2v) is 28.1. The summed E-state index contributed by atoms with van der Waals surface area (Å²) in [5.41, 5.74) is 5.41. The van der Waals surface area contributed by atoms with Gasteiger partial charge < -0.3 is 50.4 Å². The Morgan fingerprint density at radius 2 is 0.718 bits per heavy atom. The normalized spacial score (nSPS) is 18.5. The summed E-state index contributed by atoms with van der Waals surface area (Å²) in [5, 5.41) is 23.2. The first kappa shape index (κ1) is 35.1. The predicted molar refractivity (Wildman–Crippen MR) is 175 cm³/mol. The van der Waals surface area contributed by atoms with Crippen LogP contribution in [0.2, 0.25) is 0 Å².